The van der Waals surface area contributed by atoms with Crippen LogP contribution in [0.1, 0.15) is 64.2 Å². The second-order valence-corrected chi connectivity index (χ2v) is 6.17. The highest BCUT2D eigenvalue weighted by Crippen LogP contribution is 2.47. The summed E-state index contributed by atoms with van der Waals surface area (Å²) in [7, 11) is 0. The first kappa shape index (κ1) is 10.6. The van der Waals surface area contributed by atoms with Crippen LogP contribution in [-0.2, 0) is 4.79 Å². The van der Waals surface area contributed by atoms with Crippen LogP contribution in [0.4, 0.5) is 0 Å². The van der Waals surface area contributed by atoms with E-state index in [2.05, 4.69) is 5.32 Å². The minimum absolute atomic E-state index is 0.0523. The van der Waals surface area contributed by atoms with Crippen molar-refractivity contribution in [3.8, 4) is 0 Å². The summed E-state index contributed by atoms with van der Waals surface area (Å²) in [6, 6.07) is 0.522. The number of hydrogen-bond donors (Lipinski definition) is 1. The zero-order chi connectivity index (χ0) is 11.0. The lowest BCUT2D eigenvalue weighted by molar-refractivity contribution is -0.140. The number of hydrogen-bond acceptors (Lipinski definition) is 1. The molecule has 0 unspecified atom stereocenters. The Hall–Kier alpha value is -0.530. The Morgan fingerprint density at radius 2 is 1.75 bits per heavy atom. The van der Waals surface area contributed by atoms with Crippen LogP contribution in [0.3, 0.4) is 0 Å². The van der Waals surface area contributed by atoms with Gasteiger partial charge in [0, 0.05) is 11.5 Å². The van der Waals surface area contributed by atoms with E-state index in [4.69, 9.17) is 0 Å². The predicted octanol–water partition coefficient (Wildman–Crippen LogP) is 3.02. The Labute approximate surface area is 98.2 Å². The maximum Gasteiger partial charge on any atom is 0.226 e. The highest BCUT2D eigenvalue weighted by Gasteiger charge is 2.47. The highest BCUT2D eigenvalue weighted by molar-refractivity contribution is 5.84. The summed E-state index contributed by atoms with van der Waals surface area (Å²) in [5.74, 6) is 1.19. The monoisotopic (exact) mass is 221 g/mol. The van der Waals surface area contributed by atoms with Crippen molar-refractivity contribution in [1.29, 1.82) is 0 Å². The van der Waals surface area contributed by atoms with Gasteiger partial charge in [0.15, 0.2) is 0 Å². The molecule has 2 atom stereocenters. The normalized spacial score (nSPS) is 37.9. The summed E-state index contributed by atoms with van der Waals surface area (Å²) in [6.07, 6.45) is 12.7. The topological polar surface area (TPSA) is 29.1 Å². The second-order valence-electron chi connectivity index (χ2n) is 6.17. The van der Waals surface area contributed by atoms with E-state index in [9.17, 15) is 4.79 Å². The van der Waals surface area contributed by atoms with Crippen LogP contribution >= 0.6 is 0 Å². The van der Waals surface area contributed by atoms with Crippen molar-refractivity contribution in [2.45, 2.75) is 70.3 Å². The summed E-state index contributed by atoms with van der Waals surface area (Å²) in [6.45, 7) is 0. The molecular formula is C14H23NO. The van der Waals surface area contributed by atoms with Crippen molar-refractivity contribution >= 4 is 5.91 Å². The van der Waals surface area contributed by atoms with Crippen LogP contribution in [0.2, 0.25) is 0 Å². The fourth-order valence-corrected chi connectivity index (χ4v) is 4.22. The van der Waals surface area contributed by atoms with Crippen LogP contribution in [0, 0.1) is 11.3 Å². The molecule has 2 aliphatic carbocycles. The number of amides is 1. The van der Waals surface area contributed by atoms with Crippen molar-refractivity contribution in [3.05, 3.63) is 0 Å². The van der Waals surface area contributed by atoms with Crippen molar-refractivity contribution in [2.75, 3.05) is 0 Å². The Kier molecular flexibility index (Phi) is 2.68. The molecule has 1 amide bonds. The third-order valence-electron chi connectivity index (χ3n) is 5.17. The molecule has 90 valence electrons. The summed E-state index contributed by atoms with van der Waals surface area (Å²) < 4.78 is 0. The van der Waals surface area contributed by atoms with Gasteiger partial charge in [0.05, 0.1) is 0 Å². The van der Waals surface area contributed by atoms with E-state index < -0.39 is 0 Å². The van der Waals surface area contributed by atoms with E-state index in [0.29, 0.717) is 11.9 Å². The summed E-state index contributed by atoms with van der Waals surface area (Å²) in [5, 5.41) is 3.34. The van der Waals surface area contributed by atoms with Gasteiger partial charge in [-0.15, -0.1) is 0 Å². The van der Waals surface area contributed by atoms with Gasteiger partial charge in [-0.3, -0.25) is 4.79 Å². The van der Waals surface area contributed by atoms with E-state index in [0.717, 1.165) is 18.8 Å². The van der Waals surface area contributed by atoms with Crippen molar-refractivity contribution < 1.29 is 4.79 Å². The molecule has 3 rings (SSSR count). The third-order valence-corrected chi connectivity index (χ3v) is 5.17. The third kappa shape index (κ3) is 1.66. The van der Waals surface area contributed by atoms with Gasteiger partial charge in [-0.05, 0) is 38.0 Å². The number of carbonyl (C=O) groups is 1. The maximum atomic E-state index is 12.3. The van der Waals surface area contributed by atoms with E-state index in [-0.39, 0.29) is 5.41 Å². The zero-order valence-electron chi connectivity index (χ0n) is 10.1. The molecule has 3 aliphatic rings. The minimum atomic E-state index is 0.0523. The quantitative estimate of drug-likeness (QED) is 0.669. The number of nitrogens with one attached hydrogen (secondary N) is 1. The minimum Gasteiger partial charge on any atom is -0.353 e. The lowest BCUT2D eigenvalue weighted by Crippen LogP contribution is -2.56. The largest absolute Gasteiger partial charge is 0.353 e. The molecule has 1 N–H and O–H groups in total. The van der Waals surface area contributed by atoms with Crippen molar-refractivity contribution in [1.82, 2.24) is 5.32 Å². The molecule has 1 saturated heterocycles. The Balaban J connectivity index is 1.77. The Morgan fingerprint density at radius 1 is 1.00 bits per heavy atom. The second kappa shape index (κ2) is 4.05. The van der Waals surface area contributed by atoms with Crippen molar-refractivity contribution in [2.24, 2.45) is 11.3 Å². The molecule has 0 bridgehead atoms. The first-order valence-corrected chi connectivity index (χ1v) is 7.11. The maximum absolute atomic E-state index is 12.3. The Morgan fingerprint density at radius 3 is 2.56 bits per heavy atom. The first-order valence-electron chi connectivity index (χ1n) is 7.11. The molecule has 16 heavy (non-hydrogen) atoms. The number of fused-ring (bicyclic) bond motifs is 1. The molecule has 0 aromatic heterocycles. The molecular weight excluding hydrogens is 198 g/mol. The molecule has 0 aromatic rings. The van der Waals surface area contributed by atoms with Crippen molar-refractivity contribution in [3.63, 3.8) is 0 Å². The van der Waals surface area contributed by atoms with E-state index in [1.807, 2.05) is 0 Å². The van der Waals surface area contributed by atoms with E-state index in [1.165, 1.54) is 51.4 Å². The SMILES string of the molecule is O=C1N[C@H]2CCCC[C@@H]2CC12CCCCC2. The first-order chi connectivity index (χ1) is 7.80. The predicted molar refractivity (Wildman–Crippen MR) is 64.0 cm³/mol. The zero-order valence-corrected chi connectivity index (χ0v) is 10.1. The summed E-state index contributed by atoms with van der Waals surface area (Å²) in [5.41, 5.74) is 0.0523. The van der Waals surface area contributed by atoms with Gasteiger partial charge in [0.1, 0.15) is 0 Å². The van der Waals surface area contributed by atoms with Gasteiger partial charge in [0.2, 0.25) is 5.91 Å². The lowest BCUT2D eigenvalue weighted by atomic mass is 9.62. The van der Waals surface area contributed by atoms with E-state index >= 15 is 0 Å². The average molecular weight is 221 g/mol. The fraction of sp³-hybridized carbons (Fsp3) is 0.929. The average Bonchev–Trinajstić information content (AvgIpc) is 2.32. The summed E-state index contributed by atoms with van der Waals surface area (Å²) >= 11 is 0. The van der Waals surface area contributed by atoms with Crippen LogP contribution in [0.15, 0.2) is 0 Å². The van der Waals surface area contributed by atoms with Gasteiger partial charge in [-0.2, -0.15) is 0 Å². The van der Waals surface area contributed by atoms with Crippen LogP contribution in [-0.4, -0.2) is 11.9 Å². The van der Waals surface area contributed by atoms with Gasteiger partial charge in [0.25, 0.3) is 0 Å². The Bertz CT molecular complexity index is 280. The molecule has 3 fully saturated rings. The van der Waals surface area contributed by atoms with Crippen LogP contribution in [0.25, 0.3) is 0 Å². The van der Waals surface area contributed by atoms with Gasteiger partial charge in [-0.1, -0.05) is 32.1 Å². The van der Waals surface area contributed by atoms with Gasteiger partial charge in [-0.25, -0.2) is 0 Å². The van der Waals surface area contributed by atoms with E-state index in [1.54, 1.807) is 0 Å². The van der Waals surface area contributed by atoms with Crippen LogP contribution < -0.4 is 5.32 Å². The number of carbonyl (C=O) groups excluding carboxylic acids is 1. The highest BCUT2D eigenvalue weighted by atomic mass is 16.2. The molecule has 2 heteroatoms. The molecule has 0 radical (unpaired) electrons. The smallest absolute Gasteiger partial charge is 0.226 e. The molecule has 2 saturated carbocycles. The molecule has 1 spiro atoms. The fourth-order valence-electron chi connectivity index (χ4n) is 4.22. The van der Waals surface area contributed by atoms with Gasteiger partial charge < -0.3 is 5.32 Å². The molecule has 1 aliphatic heterocycles. The number of piperidine rings is 1. The molecule has 2 nitrogen and oxygen atoms in total. The molecule has 0 aromatic carbocycles. The molecule has 1 heterocycles. The number of rotatable bonds is 0. The lowest BCUT2D eigenvalue weighted by Gasteiger charge is -2.47. The standard InChI is InChI=1S/C14H23NO/c16-13-14(8-4-1-5-9-14)10-11-6-2-3-7-12(11)15-13/h11-12H,1-10H2,(H,15,16)/t11-,12+/m1/s1. The van der Waals surface area contributed by atoms with Crippen LogP contribution in [0.5, 0.6) is 0 Å². The summed E-state index contributed by atoms with van der Waals surface area (Å²) in [4.78, 5) is 12.3. The van der Waals surface area contributed by atoms with Gasteiger partial charge >= 0.3 is 0 Å².